The molecule has 0 bridgehead atoms. The van der Waals surface area contributed by atoms with Crippen molar-refractivity contribution in [2.75, 3.05) is 33.5 Å². The first-order valence-corrected chi connectivity index (χ1v) is 10.7. The molecule has 0 amide bonds. The van der Waals surface area contributed by atoms with Crippen LogP contribution in [0.1, 0.15) is 5.56 Å². The van der Waals surface area contributed by atoms with Gasteiger partial charge in [0, 0.05) is 31.9 Å². The highest BCUT2D eigenvalue weighted by atomic mass is 127. The number of hydrogen-bond donors (Lipinski definition) is 1. The number of nitrogens with zero attached hydrogens (tertiary/aromatic N) is 2. The van der Waals surface area contributed by atoms with Crippen LogP contribution >= 0.6 is 35.6 Å². The van der Waals surface area contributed by atoms with Gasteiger partial charge < -0.3 is 15.0 Å². The molecule has 9 heteroatoms. The van der Waals surface area contributed by atoms with Crippen LogP contribution in [-0.2, 0) is 16.4 Å². The van der Waals surface area contributed by atoms with E-state index in [-0.39, 0.29) is 28.9 Å². The van der Waals surface area contributed by atoms with Crippen molar-refractivity contribution in [3.05, 3.63) is 59.1 Å². The second-order valence-electron chi connectivity index (χ2n) is 6.05. The molecular formula is C19H25ClIN3O3S. The van der Waals surface area contributed by atoms with Gasteiger partial charge in [0.2, 0.25) is 0 Å². The third kappa shape index (κ3) is 7.84. The molecule has 0 aliphatic carbocycles. The van der Waals surface area contributed by atoms with E-state index in [4.69, 9.17) is 16.3 Å². The van der Waals surface area contributed by atoms with Crippen molar-refractivity contribution in [1.29, 1.82) is 0 Å². The van der Waals surface area contributed by atoms with Gasteiger partial charge in [-0.05, 0) is 42.0 Å². The molecule has 0 spiro atoms. The lowest BCUT2D eigenvalue weighted by Gasteiger charge is -2.22. The van der Waals surface area contributed by atoms with Crippen LogP contribution in [0.15, 0.2) is 58.4 Å². The molecule has 0 fully saturated rings. The Morgan fingerprint density at radius 3 is 2.46 bits per heavy atom. The van der Waals surface area contributed by atoms with Crippen LogP contribution in [0.25, 0.3) is 0 Å². The lowest BCUT2D eigenvalue weighted by molar-refractivity contribution is 0.319. The topological polar surface area (TPSA) is 71.0 Å². The van der Waals surface area contributed by atoms with E-state index in [1.165, 1.54) is 18.4 Å². The SMILES string of the molecule is CN=C(NCCOc1ccc(S(C)(=O)=O)cc1)N(C)Cc1cccc(Cl)c1.I. The average Bonchev–Trinajstić information content (AvgIpc) is 2.61. The molecule has 1 N–H and O–H groups in total. The van der Waals surface area contributed by atoms with Crippen molar-refractivity contribution < 1.29 is 13.2 Å². The van der Waals surface area contributed by atoms with Gasteiger partial charge in [0.1, 0.15) is 12.4 Å². The summed E-state index contributed by atoms with van der Waals surface area (Å²) in [5.74, 6) is 1.36. The van der Waals surface area contributed by atoms with Crippen molar-refractivity contribution in [3.63, 3.8) is 0 Å². The monoisotopic (exact) mass is 537 g/mol. The molecule has 154 valence electrons. The Morgan fingerprint density at radius 1 is 1.21 bits per heavy atom. The molecule has 28 heavy (non-hydrogen) atoms. The predicted octanol–water partition coefficient (Wildman–Crippen LogP) is 3.45. The third-order valence-corrected chi connectivity index (χ3v) is 5.15. The maximum Gasteiger partial charge on any atom is 0.193 e. The Bertz CT molecular complexity index is 890. The summed E-state index contributed by atoms with van der Waals surface area (Å²) in [6.07, 6.45) is 1.18. The Morgan fingerprint density at radius 2 is 1.89 bits per heavy atom. The number of halogens is 2. The normalized spacial score (nSPS) is 11.5. The molecule has 2 aromatic rings. The number of nitrogens with one attached hydrogen (secondary N) is 1. The minimum atomic E-state index is -3.19. The maximum absolute atomic E-state index is 11.5. The molecule has 0 aliphatic heterocycles. The van der Waals surface area contributed by atoms with Crippen molar-refractivity contribution >= 4 is 51.4 Å². The summed E-state index contributed by atoms with van der Waals surface area (Å²) in [6.45, 7) is 1.65. The number of ether oxygens (including phenoxy) is 1. The molecule has 6 nitrogen and oxygen atoms in total. The van der Waals surface area contributed by atoms with Crippen LogP contribution < -0.4 is 10.1 Å². The molecule has 0 radical (unpaired) electrons. The van der Waals surface area contributed by atoms with Gasteiger partial charge in [0.15, 0.2) is 15.8 Å². The molecule has 2 rings (SSSR count). The van der Waals surface area contributed by atoms with Crippen LogP contribution in [0, 0.1) is 0 Å². The van der Waals surface area contributed by atoms with Crippen LogP contribution in [-0.4, -0.2) is 52.8 Å². The van der Waals surface area contributed by atoms with Gasteiger partial charge in [-0.15, -0.1) is 24.0 Å². The molecule has 2 aromatic carbocycles. The summed E-state index contributed by atoms with van der Waals surface area (Å²) in [5, 5.41) is 3.94. The van der Waals surface area contributed by atoms with Gasteiger partial charge in [-0.25, -0.2) is 8.42 Å². The highest BCUT2D eigenvalue weighted by Gasteiger charge is 2.08. The molecule has 0 aromatic heterocycles. The van der Waals surface area contributed by atoms with E-state index < -0.39 is 9.84 Å². The number of benzene rings is 2. The number of sulfone groups is 1. The zero-order valence-corrected chi connectivity index (χ0v) is 20.0. The average molecular weight is 538 g/mol. The maximum atomic E-state index is 11.5. The zero-order chi connectivity index (χ0) is 19.9. The smallest absolute Gasteiger partial charge is 0.193 e. The van der Waals surface area contributed by atoms with E-state index in [1.54, 1.807) is 19.2 Å². The van der Waals surface area contributed by atoms with Crippen molar-refractivity contribution in [3.8, 4) is 5.75 Å². The standard InChI is InChI=1S/C19H24ClN3O3S.HI/c1-21-19(23(2)14-15-5-4-6-16(20)13-15)22-11-12-26-17-7-9-18(10-8-17)27(3,24)25;/h4-10,13H,11-12,14H2,1-3H3,(H,21,22);1H. The second-order valence-corrected chi connectivity index (χ2v) is 8.50. The molecule has 0 aliphatic rings. The fraction of sp³-hybridized carbons (Fsp3) is 0.316. The van der Waals surface area contributed by atoms with Crippen molar-refractivity contribution in [2.45, 2.75) is 11.4 Å². The second kappa shape index (κ2) is 11.5. The lowest BCUT2D eigenvalue weighted by atomic mass is 10.2. The van der Waals surface area contributed by atoms with Gasteiger partial charge in [-0.1, -0.05) is 23.7 Å². The molecule has 0 saturated heterocycles. The largest absolute Gasteiger partial charge is 0.492 e. The highest BCUT2D eigenvalue weighted by Crippen LogP contribution is 2.15. The van der Waals surface area contributed by atoms with Crippen molar-refractivity contribution in [1.82, 2.24) is 10.2 Å². The molecule has 0 unspecified atom stereocenters. The Kier molecular flexibility index (Phi) is 10.0. The number of guanidine groups is 1. The summed E-state index contributed by atoms with van der Waals surface area (Å²) in [5.41, 5.74) is 1.09. The van der Waals surface area contributed by atoms with E-state index in [2.05, 4.69) is 10.3 Å². The Balaban J connectivity index is 0.00000392. The van der Waals surface area contributed by atoms with Gasteiger partial charge in [-0.2, -0.15) is 0 Å². The minimum absolute atomic E-state index is 0. The van der Waals surface area contributed by atoms with E-state index >= 15 is 0 Å². The summed E-state index contributed by atoms with van der Waals surface area (Å²) >= 11 is 6.02. The van der Waals surface area contributed by atoms with Crippen molar-refractivity contribution in [2.24, 2.45) is 4.99 Å². The summed E-state index contributed by atoms with van der Waals surface area (Å²) in [4.78, 5) is 6.53. The van der Waals surface area contributed by atoms with Crippen LogP contribution in [0.4, 0.5) is 0 Å². The minimum Gasteiger partial charge on any atom is -0.492 e. The third-order valence-electron chi connectivity index (χ3n) is 3.79. The molecule has 0 saturated carbocycles. The first kappa shape index (κ1) is 24.5. The van der Waals surface area contributed by atoms with E-state index in [9.17, 15) is 8.42 Å². The van der Waals surface area contributed by atoms with Crippen LogP contribution in [0.2, 0.25) is 5.02 Å². The van der Waals surface area contributed by atoms with E-state index in [0.717, 1.165) is 11.5 Å². The summed E-state index contributed by atoms with van der Waals surface area (Å²) < 4.78 is 28.5. The van der Waals surface area contributed by atoms with E-state index in [0.29, 0.717) is 30.5 Å². The molecular weight excluding hydrogens is 513 g/mol. The highest BCUT2D eigenvalue weighted by molar-refractivity contribution is 14.0. The van der Waals surface area contributed by atoms with Gasteiger partial charge in [-0.3, -0.25) is 4.99 Å². The van der Waals surface area contributed by atoms with Crippen LogP contribution in [0.5, 0.6) is 5.75 Å². The molecule has 0 atom stereocenters. The van der Waals surface area contributed by atoms with Gasteiger partial charge >= 0.3 is 0 Å². The zero-order valence-electron chi connectivity index (χ0n) is 16.1. The van der Waals surface area contributed by atoms with Gasteiger partial charge in [0.25, 0.3) is 0 Å². The molecule has 0 heterocycles. The lowest BCUT2D eigenvalue weighted by Crippen LogP contribution is -2.40. The quantitative estimate of drug-likeness (QED) is 0.254. The fourth-order valence-electron chi connectivity index (χ4n) is 2.48. The fourth-order valence-corrected chi connectivity index (χ4v) is 3.33. The Labute approximate surface area is 188 Å². The first-order valence-electron chi connectivity index (χ1n) is 8.39. The Hall–Kier alpha value is -1.52. The van der Waals surface area contributed by atoms with E-state index in [1.807, 2.05) is 36.2 Å². The number of hydrogen-bond acceptors (Lipinski definition) is 4. The van der Waals surface area contributed by atoms with Gasteiger partial charge in [0.05, 0.1) is 11.4 Å². The number of aliphatic imine (C=N–C) groups is 1. The van der Waals surface area contributed by atoms with Crippen LogP contribution in [0.3, 0.4) is 0 Å². The predicted molar refractivity (Wildman–Crippen MR) is 125 cm³/mol. The summed E-state index contributed by atoms with van der Waals surface area (Å²) in [7, 11) is 0.474. The number of rotatable bonds is 7. The summed E-state index contributed by atoms with van der Waals surface area (Å²) in [6, 6.07) is 14.1. The first-order chi connectivity index (χ1) is 12.8.